The zero-order valence-corrected chi connectivity index (χ0v) is 17.8. The molecule has 4 aromatic rings. The summed E-state index contributed by atoms with van der Waals surface area (Å²) >= 11 is 2.99. The van der Waals surface area contributed by atoms with Gasteiger partial charge >= 0.3 is 0 Å². The number of H-pyrrole nitrogens is 1. The molecule has 5 nitrogen and oxygen atoms in total. The van der Waals surface area contributed by atoms with Crippen molar-refractivity contribution in [1.82, 2.24) is 14.9 Å². The summed E-state index contributed by atoms with van der Waals surface area (Å²) in [6.45, 7) is 1.48. The Balaban J connectivity index is 1.64. The summed E-state index contributed by atoms with van der Waals surface area (Å²) in [4.78, 5) is 36.4. The number of nitrogens with zero attached hydrogens (tertiary/aromatic N) is 2. The molecule has 0 bridgehead atoms. The van der Waals surface area contributed by atoms with Crippen LogP contribution in [0.2, 0.25) is 0 Å². The molecule has 7 heteroatoms. The van der Waals surface area contributed by atoms with Crippen LogP contribution in [0.25, 0.3) is 33.0 Å². The van der Waals surface area contributed by atoms with Crippen molar-refractivity contribution < 1.29 is 4.79 Å². The average Bonchev–Trinajstić information content (AvgIpc) is 3.54. The lowest BCUT2D eigenvalue weighted by Gasteiger charge is -2.17. The molecule has 0 aliphatic carbocycles. The van der Waals surface area contributed by atoms with E-state index < -0.39 is 0 Å². The number of rotatable bonds is 4. The highest BCUT2D eigenvalue weighted by molar-refractivity contribution is 7.17. The van der Waals surface area contributed by atoms with Gasteiger partial charge in [0, 0.05) is 24.0 Å². The van der Waals surface area contributed by atoms with Gasteiger partial charge in [0.2, 0.25) is 0 Å². The monoisotopic (exact) mass is 433 g/mol. The molecule has 3 aromatic heterocycles. The number of thiophene rings is 2. The molecule has 1 aliphatic heterocycles. The third-order valence-electron chi connectivity index (χ3n) is 5.26. The van der Waals surface area contributed by atoms with Crippen LogP contribution in [-0.4, -0.2) is 33.9 Å². The molecule has 0 unspecified atom stereocenters. The largest absolute Gasteiger partial charge is 0.339 e. The molecule has 5 rings (SSSR count). The molecule has 0 radical (unpaired) electrons. The molecular formula is C23H19N3O2S2. The Morgan fingerprint density at radius 3 is 2.63 bits per heavy atom. The first-order chi connectivity index (χ1) is 14.7. The van der Waals surface area contributed by atoms with E-state index in [1.807, 2.05) is 63.5 Å². The van der Waals surface area contributed by atoms with E-state index in [0.29, 0.717) is 21.6 Å². The Morgan fingerprint density at radius 2 is 1.90 bits per heavy atom. The van der Waals surface area contributed by atoms with Gasteiger partial charge in [-0.15, -0.1) is 11.3 Å². The molecular weight excluding hydrogens is 414 g/mol. The van der Waals surface area contributed by atoms with Crippen LogP contribution in [0.4, 0.5) is 0 Å². The minimum atomic E-state index is -0.222. The molecule has 1 saturated heterocycles. The molecule has 1 aromatic carbocycles. The fourth-order valence-electron chi connectivity index (χ4n) is 3.75. The summed E-state index contributed by atoms with van der Waals surface area (Å²) in [5.41, 5.74) is 2.99. The van der Waals surface area contributed by atoms with E-state index in [1.165, 1.54) is 11.3 Å². The van der Waals surface area contributed by atoms with Gasteiger partial charge in [-0.1, -0.05) is 30.3 Å². The van der Waals surface area contributed by atoms with Crippen molar-refractivity contribution in [2.24, 2.45) is 0 Å². The Hall–Kier alpha value is -3.03. The molecule has 0 atom stereocenters. The highest BCUT2D eigenvalue weighted by Crippen LogP contribution is 2.31. The Bertz CT molecular complexity index is 1280. The summed E-state index contributed by atoms with van der Waals surface area (Å²) in [6, 6.07) is 11.8. The molecule has 150 valence electrons. The summed E-state index contributed by atoms with van der Waals surface area (Å²) in [5.74, 6) is 0.248. The van der Waals surface area contributed by atoms with E-state index in [-0.39, 0.29) is 11.5 Å². The van der Waals surface area contributed by atoms with Crippen LogP contribution in [-0.2, 0) is 4.79 Å². The van der Waals surface area contributed by atoms with Crippen molar-refractivity contribution in [3.8, 4) is 11.1 Å². The lowest BCUT2D eigenvalue weighted by atomic mass is 10.1. The van der Waals surface area contributed by atoms with E-state index in [1.54, 1.807) is 11.3 Å². The van der Waals surface area contributed by atoms with Crippen molar-refractivity contribution in [2.75, 3.05) is 13.1 Å². The summed E-state index contributed by atoms with van der Waals surface area (Å²) in [6.07, 6.45) is 3.84. The number of hydrogen-bond donors (Lipinski definition) is 1. The van der Waals surface area contributed by atoms with E-state index in [0.717, 1.165) is 42.6 Å². The molecule has 0 saturated carbocycles. The number of benzene rings is 1. The molecule has 1 amide bonds. The van der Waals surface area contributed by atoms with Crippen LogP contribution in [0, 0.1) is 0 Å². The minimum Gasteiger partial charge on any atom is -0.339 e. The van der Waals surface area contributed by atoms with Crippen LogP contribution in [0.5, 0.6) is 0 Å². The van der Waals surface area contributed by atoms with Crippen molar-refractivity contribution in [3.63, 3.8) is 0 Å². The fraction of sp³-hybridized carbons (Fsp3) is 0.174. The molecule has 4 heterocycles. The number of hydrogen-bond acceptors (Lipinski definition) is 5. The van der Waals surface area contributed by atoms with Gasteiger partial charge in [-0.05, 0) is 46.9 Å². The molecule has 1 fully saturated rings. The van der Waals surface area contributed by atoms with Gasteiger partial charge < -0.3 is 9.88 Å². The highest BCUT2D eigenvalue weighted by atomic mass is 32.1. The fourth-order valence-corrected chi connectivity index (χ4v) is 5.32. The van der Waals surface area contributed by atoms with Gasteiger partial charge in [0.05, 0.1) is 11.0 Å². The zero-order valence-electron chi connectivity index (χ0n) is 16.1. The number of nitrogens with one attached hydrogen (secondary N) is 1. The van der Waals surface area contributed by atoms with Crippen LogP contribution < -0.4 is 5.56 Å². The van der Waals surface area contributed by atoms with Crippen LogP contribution >= 0.6 is 22.7 Å². The summed E-state index contributed by atoms with van der Waals surface area (Å²) in [5, 5.41) is 6.47. The Labute approximate surface area is 181 Å². The van der Waals surface area contributed by atoms with Gasteiger partial charge in [0.1, 0.15) is 10.7 Å². The number of aromatic amines is 1. The Morgan fingerprint density at radius 1 is 1.10 bits per heavy atom. The van der Waals surface area contributed by atoms with Crippen LogP contribution in [0.1, 0.15) is 24.2 Å². The highest BCUT2D eigenvalue weighted by Gasteiger charge is 2.25. The normalized spacial score (nSPS) is 14.5. The van der Waals surface area contributed by atoms with Crippen LogP contribution in [0.3, 0.4) is 0 Å². The summed E-state index contributed by atoms with van der Waals surface area (Å²) < 4.78 is 0. The number of aromatic nitrogens is 2. The second-order valence-corrected chi connectivity index (χ2v) is 8.86. The number of carbonyl (C=O) groups is 1. The van der Waals surface area contributed by atoms with Gasteiger partial charge in [-0.3, -0.25) is 9.59 Å². The summed E-state index contributed by atoms with van der Waals surface area (Å²) in [7, 11) is 0. The topological polar surface area (TPSA) is 66.1 Å². The second kappa shape index (κ2) is 8.01. The minimum absolute atomic E-state index is 0.0824. The number of likely N-dealkylation sites (tertiary alicyclic amines) is 1. The maximum Gasteiger partial charge on any atom is 0.260 e. The molecule has 1 N–H and O–H groups in total. The van der Waals surface area contributed by atoms with Gasteiger partial charge in [-0.2, -0.15) is 11.3 Å². The van der Waals surface area contributed by atoms with Crippen molar-refractivity contribution >= 4 is 50.4 Å². The van der Waals surface area contributed by atoms with Crippen molar-refractivity contribution in [2.45, 2.75) is 12.8 Å². The lowest BCUT2D eigenvalue weighted by Crippen LogP contribution is -2.29. The van der Waals surface area contributed by atoms with E-state index in [9.17, 15) is 9.59 Å². The third kappa shape index (κ3) is 3.51. The molecule has 1 aliphatic rings. The van der Waals surface area contributed by atoms with Gasteiger partial charge in [0.25, 0.3) is 11.5 Å². The first-order valence-corrected chi connectivity index (χ1v) is 11.6. The quantitative estimate of drug-likeness (QED) is 0.467. The first-order valence-electron chi connectivity index (χ1n) is 9.81. The van der Waals surface area contributed by atoms with E-state index in [4.69, 9.17) is 4.98 Å². The smallest absolute Gasteiger partial charge is 0.260 e. The third-order valence-corrected chi connectivity index (χ3v) is 6.84. The second-order valence-electron chi connectivity index (χ2n) is 7.22. The maximum atomic E-state index is 13.2. The predicted molar refractivity (Wildman–Crippen MR) is 124 cm³/mol. The zero-order chi connectivity index (χ0) is 20.5. The predicted octanol–water partition coefficient (Wildman–Crippen LogP) is 4.88. The maximum absolute atomic E-state index is 13.2. The molecule has 30 heavy (non-hydrogen) atoms. The number of carbonyl (C=O) groups excluding carboxylic acids is 1. The number of amides is 1. The first kappa shape index (κ1) is 19.0. The standard InChI is InChI=1S/C23H19N3O2S2/c27-21-19-18(16-6-2-1-3-7-16)14-30-22(19)25-20(24-21)17(12-15-8-11-29-13-15)23(28)26-9-4-5-10-26/h1-3,6-8,11-14H,4-5,9-10H2,(H,24,25,27)/b17-12+. The number of fused-ring (bicyclic) bond motifs is 1. The lowest BCUT2D eigenvalue weighted by molar-refractivity contribution is -0.123. The average molecular weight is 434 g/mol. The van der Waals surface area contributed by atoms with Crippen molar-refractivity contribution in [1.29, 1.82) is 0 Å². The Kier molecular flexibility index (Phi) is 5.06. The van der Waals surface area contributed by atoms with E-state index >= 15 is 0 Å². The van der Waals surface area contributed by atoms with Gasteiger partial charge in [0.15, 0.2) is 0 Å². The SMILES string of the molecule is O=C(/C(=C/c1ccsc1)c1nc2scc(-c3ccccc3)c2c(=O)[nH]1)N1CCCC1. The van der Waals surface area contributed by atoms with Gasteiger partial charge in [-0.25, -0.2) is 4.98 Å². The van der Waals surface area contributed by atoms with Crippen molar-refractivity contribution in [3.05, 3.63) is 74.3 Å². The van der Waals surface area contributed by atoms with Crippen LogP contribution in [0.15, 0.2) is 57.3 Å². The molecule has 0 spiro atoms. The van der Waals surface area contributed by atoms with E-state index in [2.05, 4.69) is 4.98 Å².